The van der Waals surface area contributed by atoms with Gasteiger partial charge in [-0.2, -0.15) is 0 Å². The lowest BCUT2D eigenvalue weighted by Gasteiger charge is -2.09. The Hall–Kier alpha value is -1.00. The topological polar surface area (TPSA) is 40.5 Å². The highest BCUT2D eigenvalue weighted by molar-refractivity contribution is 5.20. The van der Waals surface area contributed by atoms with Crippen LogP contribution in [0, 0.1) is 11.6 Å². The van der Waals surface area contributed by atoms with E-state index in [0.29, 0.717) is 0 Å². The number of aliphatic hydroxyl groups excluding tert-OH is 2. The van der Waals surface area contributed by atoms with E-state index in [0.717, 1.165) is 18.2 Å². The van der Waals surface area contributed by atoms with Gasteiger partial charge in [-0.15, -0.1) is 0 Å². The molecule has 0 fully saturated rings. The van der Waals surface area contributed by atoms with Gasteiger partial charge in [0.05, 0.1) is 6.10 Å². The van der Waals surface area contributed by atoms with E-state index in [9.17, 15) is 13.9 Å². The van der Waals surface area contributed by atoms with E-state index < -0.39 is 17.7 Å². The number of rotatable bonds is 3. The highest BCUT2D eigenvalue weighted by atomic mass is 19.1. The van der Waals surface area contributed by atoms with Crippen molar-refractivity contribution in [1.29, 1.82) is 0 Å². The second-order valence-electron chi connectivity index (χ2n) is 2.69. The lowest BCUT2D eigenvalue weighted by molar-refractivity contribution is 0.130. The Bertz CT molecular complexity index is 289. The van der Waals surface area contributed by atoms with Gasteiger partial charge in [-0.05, 0) is 18.2 Å². The number of aliphatic hydroxyl groups is 2. The van der Waals surface area contributed by atoms with Crippen LogP contribution in [0.3, 0.4) is 0 Å². The van der Waals surface area contributed by atoms with Gasteiger partial charge in [-0.25, -0.2) is 8.78 Å². The molecule has 13 heavy (non-hydrogen) atoms. The van der Waals surface area contributed by atoms with Gasteiger partial charge in [-0.1, -0.05) is 0 Å². The number of hydrogen-bond donors (Lipinski definition) is 2. The largest absolute Gasteiger partial charge is 0.396 e. The number of benzene rings is 1. The Labute approximate surface area is 74.4 Å². The zero-order valence-corrected chi connectivity index (χ0v) is 6.87. The molecule has 1 aromatic carbocycles. The van der Waals surface area contributed by atoms with Crippen molar-refractivity contribution in [2.24, 2.45) is 0 Å². The molecule has 1 unspecified atom stereocenters. The van der Waals surface area contributed by atoms with Crippen LogP contribution in [-0.2, 0) is 0 Å². The van der Waals surface area contributed by atoms with E-state index in [1.807, 2.05) is 0 Å². The van der Waals surface area contributed by atoms with Crippen LogP contribution < -0.4 is 0 Å². The van der Waals surface area contributed by atoms with Gasteiger partial charge >= 0.3 is 0 Å². The fourth-order valence-electron chi connectivity index (χ4n) is 1.05. The first kappa shape index (κ1) is 10.1. The van der Waals surface area contributed by atoms with Gasteiger partial charge in [-0.3, -0.25) is 0 Å². The minimum absolute atomic E-state index is 0.000370. The summed E-state index contributed by atoms with van der Waals surface area (Å²) >= 11 is 0. The minimum Gasteiger partial charge on any atom is -0.396 e. The quantitative estimate of drug-likeness (QED) is 0.752. The number of hydrogen-bond acceptors (Lipinski definition) is 2. The fraction of sp³-hybridized carbons (Fsp3) is 0.333. The van der Waals surface area contributed by atoms with Crippen molar-refractivity contribution >= 4 is 0 Å². The molecule has 0 aliphatic carbocycles. The molecular formula is C9H10F2O2. The predicted molar refractivity (Wildman–Crippen MR) is 43.0 cm³/mol. The lowest BCUT2D eigenvalue weighted by Crippen LogP contribution is -2.03. The Morgan fingerprint density at radius 2 is 2.00 bits per heavy atom. The summed E-state index contributed by atoms with van der Waals surface area (Å²) in [5.74, 6) is -1.27. The summed E-state index contributed by atoms with van der Waals surface area (Å²) in [7, 11) is 0. The van der Waals surface area contributed by atoms with E-state index in [2.05, 4.69) is 0 Å². The van der Waals surface area contributed by atoms with E-state index in [4.69, 9.17) is 5.11 Å². The molecule has 72 valence electrons. The summed E-state index contributed by atoms with van der Waals surface area (Å²) in [6, 6.07) is 2.85. The van der Waals surface area contributed by atoms with E-state index >= 15 is 0 Å². The summed E-state index contributed by atoms with van der Waals surface area (Å²) in [5.41, 5.74) is -0.117. The standard InChI is InChI=1S/C9H10F2O2/c10-6-1-2-8(11)7(5-6)9(13)3-4-12/h1-2,5,9,12-13H,3-4H2. The Morgan fingerprint density at radius 3 is 2.62 bits per heavy atom. The van der Waals surface area contributed by atoms with Gasteiger partial charge in [0.1, 0.15) is 11.6 Å². The molecule has 0 aromatic heterocycles. The molecule has 0 saturated carbocycles. The highest BCUT2D eigenvalue weighted by Gasteiger charge is 2.12. The predicted octanol–water partition coefficient (Wildman–Crippen LogP) is 1.38. The first-order valence-corrected chi connectivity index (χ1v) is 3.89. The van der Waals surface area contributed by atoms with Crippen molar-refractivity contribution in [2.45, 2.75) is 12.5 Å². The summed E-state index contributed by atoms with van der Waals surface area (Å²) in [5, 5.41) is 17.7. The fourth-order valence-corrected chi connectivity index (χ4v) is 1.05. The van der Waals surface area contributed by atoms with Crippen LogP contribution in [0.5, 0.6) is 0 Å². The third kappa shape index (κ3) is 2.47. The molecule has 0 bridgehead atoms. The zero-order valence-electron chi connectivity index (χ0n) is 6.87. The van der Waals surface area contributed by atoms with Crippen LogP contribution in [0.25, 0.3) is 0 Å². The first-order valence-electron chi connectivity index (χ1n) is 3.89. The summed E-state index contributed by atoms with van der Waals surface area (Å²) in [4.78, 5) is 0. The van der Waals surface area contributed by atoms with E-state index in [1.54, 1.807) is 0 Å². The molecule has 1 atom stereocenters. The Kier molecular flexibility index (Phi) is 3.33. The van der Waals surface area contributed by atoms with Gasteiger partial charge in [0, 0.05) is 18.6 Å². The van der Waals surface area contributed by atoms with Gasteiger partial charge in [0.2, 0.25) is 0 Å². The molecule has 4 heteroatoms. The summed E-state index contributed by atoms with van der Waals surface area (Å²) in [6.07, 6.45) is -1.15. The second-order valence-corrected chi connectivity index (χ2v) is 2.69. The maximum atomic E-state index is 12.9. The van der Waals surface area contributed by atoms with Crippen LogP contribution >= 0.6 is 0 Å². The van der Waals surface area contributed by atoms with E-state index in [1.165, 1.54) is 0 Å². The lowest BCUT2D eigenvalue weighted by atomic mass is 10.1. The van der Waals surface area contributed by atoms with Crippen molar-refractivity contribution in [1.82, 2.24) is 0 Å². The third-order valence-corrected chi connectivity index (χ3v) is 1.72. The third-order valence-electron chi connectivity index (χ3n) is 1.72. The molecule has 2 N–H and O–H groups in total. The molecule has 0 spiro atoms. The van der Waals surface area contributed by atoms with Crippen molar-refractivity contribution in [3.05, 3.63) is 35.4 Å². The van der Waals surface area contributed by atoms with Crippen molar-refractivity contribution in [3.8, 4) is 0 Å². The summed E-state index contributed by atoms with van der Waals surface area (Å²) < 4.78 is 25.5. The van der Waals surface area contributed by atoms with Gasteiger partial charge in [0.25, 0.3) is 0 Å². The molecule has 0 radical (unpaired) electrons. The van der Waals surface area contributed by atoms with Crippen molar-refractivity contribution in [2.75, 3.05) is 6.61 Å². The van der Waals surface area contributed by atoms with Crippen LogP contribution in [0.15, 0.2) is 18.2 Å². The molecule has 1 rings (SSSR count). The molecular weight excluding hydrogens is 178 g/mol. The van der Waals surface area contributed by atoms with Crippen LogP contribution in [0.2, 0.25) is 0 Å². The maximum Gasteiger partial charge on any atom is 0.129 e. The molecule has 0 aliphatic rings. The second kappa shape index (κ2) is 4.30. The molecule has 2 nitrogen and oxygen atoms in total. The van der Waals surface area contributed by atoms with Gasteiger partial charge in [0.15, 0.2) is 0 Å². The zero-order chi connectivity index (χ0) is 9.84. The highest BCUT2D eigenvalue weighted by Crippen LogP contribution is 2.20. The normalized spacial score (nSPS) is 12.9. The average Bonchev–Trinajstić information content (AvgIpc) is 2.09. The molecule has 0 heterocycles. The van der Waals surface area contributed by atoms with Crippen LogP contribution in [0.1, 0.15) is 18.1 Å². The van der Waals surface area contributed by atoms with E-state index in [-0.39, 0.29) is 18.6 Å². The molecule has 1 aromatic rings. The minimum atomic E-state index is -1.15. The van der Waals surface area contributed by atoms with Crippen LogP contribution in [0.4, 0.5) is 8.78 Å². The Balaban J connectivity index is 2.91. The van der Waals surface area contributed by atoms with Gasteiger partial charge < -0.3 is 10.2 Å². The average molecular weight is 188 g/mol. The van der Waals surface area contributed by atoms with Crippen molar-refractivity contribution in [3.63, 3.8) is 0 Å². The molecule has 0 aliphatic heterocycles. The Morgan fingerprint density at radius 1 is 1.31 bits per heavy atom. The molecule has 0 amide bonds. The SMILES string of the molecule is OCCC(O)c1cc(F)ccc1F. The van der Waals surface area contributed by atoms with Crippen molar-refractivity contribution < 1.29 is 19.0 Å². The monoisotopic (exact) mass is 188 g/mol. The van der Waals surface area contributed by atoms with Crippen LogP contribution in [-0.4, -0.2) is 16.8 Å². The smallest absolute Gasteiger partial charge is 0.129 e. The summed E-state index contributed by atoms with van der Waals surface area (Å²) in [6.45, 7) is -0.267. The maximum absolute atomic E-state index is 12.9. The number of halogens is 2. The first-order chi connectivity index (χ1) is 6.15. The molecule has 0 saturated heterocycles.